The maximum atomic E-state index is 13.3. The molecule has 6 aliphatic rings. The first kappa shape index (κ1) is 21.7. The van der Waals surface area contributed by atoms with Crippen LogP contribution in [0.2, 0.25) is 0 Å². The zero-order chi connectivity index (χ0) is 22.6. The van der Waals surface area contributed by atoms with Crippen molar-refractivity contribution in [2.75, 3.05) is 19.7 Å². The van der Waals surface area contributed by atoms with Gasteiger partial charge in [0.2, 0.25) is 23.4 Å². The van der Waals surface area contributed by atoms with Crippen LogP contribution in [0.15, 0.2) is 4.52 Å². The molecule has 1 atom stereocenters. The number of rotatable bonds is 7. The summed E-state index contributed by atoms with van der Waals surface area (Å²) in [7, 11) is 0. The predicted molar refractivity (Wildman–Crippen MR) is 120 cm³/mol. The number of carbonyl (C=O) groups is 2. The molecule has 33 heavy (non-hydrogen) atoms. The number of ketones is 1. The van der Waals surface area contributed by atoms with Crippen LogP contribution in [0, 0.1) is 17.8 Å². The molecule has 1 aromatic heterocycles. The normalized spacial score (nSPS) is 36.6. The molecule has 2 heterocycles. The number of hydrogen-bond acceptors (Lipinski definition) is 7. The number of likely N-dealkylation sites (tertiary alicyclic amines) is 1. The smallest absolute Gasteiger partial charge is 0.240 e. The monoisotopic (exact) mass is 456 g/mol. The highest BCUT2D eigenvalue weighted by molar-refractivity contribution is 5.99. The molecule has 1 saturated heterocycles. The van der Waals surface area contributed by atoms with Gasteiger partial charge in [0.1, 0.15) is 0 Å². The van der Waals surface area contributed by atoms with E-state index in [-0.39, 0.29) is 41.6 Å². The van der Waals surface area contributed by atoms with E-state index in [4.69, 9.17) is 4.52 Å². The fourth-order valence-electron chi connectivity index (χ4n) is 8.21. The first-order valence-electron chi connectivity index (χ1n) is 13.0. The molecular weight excluding hydrogens is 420 g/mol. The Morgan fingerprint density at radius 2 is 1.73 bits per heavy atom. The second kappa shape index (κ2) is 8.15. The third kappa shape index (κ3) is 3.73. The number of carbonyl (C=O) groups excluding carboxylic acids is 2. The summed E-state index contributed by atoms with van der Waals surface area (Å²) < 4.78 is 5.74. The van der Waals surface area contributed by atoms with E-state index in [0.717, 1.165) is 69.1 Å². The quantitative estimate of drug-likeness (QED) is 0.607. The lowest BCUT2D eigenvalue weighted by Gasteiger charge is -2.55. The van der Waals surface area contributed by atoms with Gasteiger partial charge in [0.05, 0.1) is 24.6 Å². The van der Waals surface area contributed by atoms with Crippen LogP contribution in [0.25, 0.3) is 0 Å². The summed E-state index contributed by atoms with van der Waals surface area (Å²) in [5, 5.41) is 17.2. The molecule has 2 N–H and O–H groups in total. The summed E-state index contributed by atoms with van der Waals surface area (Å²) in [5.41, 5.74) is -0.384. The largest absolute Gasteiger partial charge is 0.394 e. The van der Waals surface area contributed by atoms with Crippen LogP contribution in [0.5, 0.6) is 0 Å². The number of hydrogen-bond donors (Lipinski definition) is 2. The molecule has 1 amide bonds. The number of amides is 1. The van der Waals surface area contributed by atoms with E-state index in [0.29, 0.717) is 18.9 Å². The third-order valence-electron chi connectivity index (χ3n) is 9.49. The standard InChI is InChI=1S/C25H36N4O4/c30-15-25(5-1-2-6-25)26-14-20(31)29-7-3-4-19(29)21(32)22-27-23(33-28-22)24-11-16-8-17(12-24)10-18(9-16)13-24/h16-19,26,30H,1-15H2. The Kier molecular flexibility index (Phi) is 5.36. The summed E-state index contributed by atoms with van der Waals surface area (Å²) in [5.74, 6) is 2.81. The van der Waals surface area contributed by atoms with Gasteiger partial charge in [-0.05, 0) is 82.0 Å². The van der Waals surface area contributed by atoms with Crippen molar-refractivity contribution < 1.29 is 19.2 Å². The van der Waals surface area contributed by atoms with Gasteiger partial charge in [0.15, 0.2) is 0 Å². The van der Waals surface area contributed by atoms with Crippen LogP contribution in [-0.2, 0) is 10.2 Å². The molecule has 7 rings (SSSR count). The molecule has 6 fully saturated rings. The number of aliphatic hydroxyl groups is 1. The molecule has 180 valence electrons. The molecule has 5 saturated carbocycles. The molecule has 0 aromatic carbocycles. The fourth-order valence-corrected chi connectivity index (χ4v) is 8.21. The van der Waals surface area contributed by atoms with Crippen LogP contribution < -0.4 is 5.32 Å². The van der Waals surface area contributed by atoms with Crippen molar-refractivity contribution in [1.82, 2.24) is 20.4 Å². The van der Waals surface area contributed by atoms with Gasteiger partial charge in [0.25, 0.3) is 0 Å². The summed E-state index contributed by atoms with van der Waals surface area (Å²) in [4.78, 5) is 32.7. The van der Waals surface area contributed by atoms with E-state index in [1.165, 1.54) is 19.3 Å². The number of nitrogens with zero attached hydrogens (tertiary/aromatic N) is 3. The maximum Gasteiger partial charge on any atom is 0.240 e. The number of Topliss-reactive ketones (excluding diaryl/α,β-unsaturated/α-hetero) is 1. The van der Waals surface area contributed by atoms with Crippen molar-refractivity contribution in [3.63, 3.8) is 0 Å². The molecule has 8 nitrogen and oxygen atoms in total. The highest BCUT2D eigenvalue weighted by atomic mass is 16.5. The van der Waals surface area contributed by atoms with Gasteiger partial charge in [-0.15, -0.1) is 0 Å². The summed E-state index contributed by atoms with van der Waals surface area (Å²) >= 11 is 0. The van der Waals surface area contributed by atoms with Crippen molar-refractivity contribution in [2.24, 2.45) is 17.8 Å². The van der Waals surface area contributed by atoms with E-state index in [1.807, 2.05) is 0 Å². The highest BCUT2D eigenvalue weighted by Gasteiger charge is 2.54. The van der Waals surface area contributed by atoms with Crippen molar-refractivity contribution in [3.8, 4) is 0 Å². The zero-order valence-electron chi connectivity index (χ0n) is 19.4. The summed E-state index contributed by atoms with van der Waals surface area (Å²) in [6.07, 6.45) is 12.7. The van der Waals surface area contributed by atoms with Crippen molar-refractivity contribution in [3.05, 3.63) is 11.7 Å². The number of nitrogens with one attached hydrogen (secondary N) is 1. The van der Waals surface area contributed by atoms with Crippen molar-refractivity contribution in [2.45, 2.75) is 94.0 Å². The van der Waals surface area contributed by atoms with Gasteiger partial charge in [-0.3, -0.25) is 9.59 Å². The Bertz CT molecular complexity index is 886. The average Bonchev–Trinajstić information content (AvgIpc) is 3.57. The van der Waals surface area contributed by atoms with Gasteiger partial charge in [-0.2, -0.15) is 4.98 Å². The van der Waals surface area contributed by atoms with Crippen LogP contribution in [0.1, 0.15) is 93.6 Å². The van der Waals surface area contributed by atoms with Crippen LogP contribution in [-0.4, -0.2) is 63.1 Å². The molecule has 0 spiro atoms. The van der Waals surface area contributed by atoms with Gasteiger partial charge < -0.3 is 19.8 Å². The van der Waals surface area contributed by atoms with Gasteiger partial charge in [0, 0.05) is 12.1 Å². The fraction of sp³-hybridized carbons (Fsp3) is 0.840. The summed E-state index contributed by atoms with van der Waals surface area (Å²) in [6.45, 7) is 0.760. The predicted octanol–water partition coefficient (Wildman–Crippen LogP) is 2.61. The molecule has 5 aliphatic carbocycles. The minimum absolute atomic E-state index is 0.0325. The lowest BCUT2D eigenvalue weighted by molar-refractivity contribution is -0.130. The Balaban J connectivity index is 1.14. The lowest BCUT2D eigenvalue weighted by atomic mass is 9.49. The highest BCUT2D eigenvalue weighted by Crippen LogP contribution is 2.60. The van der Waals surface area contributed by atoms with Crippen LogP contribution in [0.3, 0.4) is 0 Å². The SMILES string of the molecule is O=C(c1noc(C23CC4CC(CC(C4)C2)C3)n1)C1CCCN1C(=O)CNC1(CO)CCCC1. The van der Waals surface area contributed by atoms with Crippen LogP contribution >= 0.6 is 0 Å². The average molecular weight is 457 g/mol. The van der Waals surface area contributed by atoms with E-state index in [2.05, 4.69) is 15.5 Å². The summed E-state index contributed by atoms with van der Waals surface area (Å²) in [6, 6.07) is -0.519. The molecule has 4 bridgehead atoms. The van der Waals surface area contributed by atoms with E-state index < -0.39 is 6.04 Å². The molecular formula is C25H36N4O4. The Hall–Kier alpha value is -1.80. The lowest BCUT2D eigenvalue weighted by Crippen LogP contribution is -2.52. The van der Waals surface area contributed by atoms with Gasteiger partial charge in [-0.25, -0.2) is 0 Å². The second-order valence-electron chi connectivity index (χ2n) is 11.7. The van der Waals surface area contributed by atoms with E-state index in [9.17, 15) is 14.7 Å². The minimum atomic E-state index is -0.519. The van der Waals surface area contributed by atoms with Gasteiger partial charge in [-0.1, -0.05) is 18.0 Å². The van der Waals surface area contributed by atoms with E-state index >= 15 is 0 Å². The van der Waals surface area contributed by atoms with Crippen molar-refractivity contribution in [1.29, 1.82) is 0 Å². The molecule has 8 heteroatoms. The van der Waals surface area contributed by atoms with Crippen LogP contribution in [0.4, 0.5) is 0 Å². The molecule has 0 radical (unpaired) electrons. The minimum Gasteiger partial charge on any atom is -0.394 e. The third-order valence-corrected chi connectivity index (χ3v) is 9.49. The Labute approximate surface area is 194 Å². The second-order valence-corrected chi connectivity index (χ2v) is 11.7. The molecule has 1 aromatic rings. The number of aromatic nitrogens is 2. The Morgan fingerprint density at radius 1 is 1.06 bits per heavy atom. The first-order chi connectivity index (χ1) is 16.0. The van der Waals surface area contributed by atoms with Crippen molar-refractivity contribution >= 4 is 11.7 Å². The molecule has 1 aliphatic heterocycles. The maximum absolute atomic E-state index is 13.3. The van der Waals surface area contributed by atoms with Gasteiger partial charge >= 0.3 is 0 Å². The Morgan fingerprint density at radius 3 is 2.36 bits per heavy atom. The topological polar surface area (TPSA) is 109 Å². The number of aliphatic hydroxyl groups excluding tert-OH is 1. The zero-order valence-corrected chi connectivity index (χ0v) is 19.4. The first-order valence-corrected chi connectivity index (χ1v) is 13.0. The molecule has 1 unspecified atom stereocenters. The van der Waals surface area contributed by atoms with E-state index in [1.54, 1.807) is 4.90 Å².